The molecule has 4 rings (SSSR count). The van der Waals surface area contributed by atoms with Crippen LogP contribution in [0.25, 0.3) is 10.6 Å². The molecule has 3 aromatic rings. The summed E-state index contributed by atoms with van der Waals surface area (Å²) in [7, 11) is 0. The maximum absolute atomic E-state index is 13.9. The molecule has 2 aromatic carbocycles. The van der Waals surface area contributed by atoms with Crippen molar-refractivity contribution in [2.24, 2.45) is 0 Å². The Morgan fingerprint density at radius 1 is 1.19 bits per heavy atom. The molecule has 1 fully saturated rings. The predicted molar refractivity (Wildman–Crippen MR) is 105 cm³/mol. The predicted octanol–water partition coefficient (Wildman–Crippen LogP) is 3.95. The standard InChI is InChI=1S/C21H20FN3OS/c22-18-9-5-4-8-17(18)21-24-19(14-27-21)20(26)23-16-10-11-25(13-16)12-15-6-2-1-3-7-15/h1-9,14,16H,10-13H2,(H,23,26). The molecule has 1 saturated heterocycles. The van der Waals surface area contributed by atoms with Gasteiger partial charge in [0.2, 0.25) is 0 Å². The van der Waals surface area contributed by atoms with Crippen LogP contribution in [0, 0.1) is 5.82 Å². The number of nitrogens with zero attached hydrogens (tertiary/aromatic N) is 2. The number of benzene rings is 2. The molecule has 4 nitrogen and oxygen atoms in total. The van der Waals surface area contributed by atoms with Crippen LogP contribution < -0.4 is 5.32 Å². The number of thiazole rings is 1. The van der Waals surface area contributed by atoms with Crippen molar-refractivity contribution in [3.05, 3.63) is 77.1 Å². The van der Waals surface area contributed by atoms with Crippen LogP contribution in [-0.4, -0.2) is 34.9 Å². The number of likely N-dealkylation sites (tertiary alicyclic amines) is 1. The largest absolute Gasteiger partial charge is 0.347 e. The van der Waals surface area contributed by atoms with Crippen LogP contribution in [0.4, 0.5) is 4.39 Å². The Labute approximate surface area is 161 Å². The van der Waals surface area contributed by atoms with E-state index in [0.717, 1.165) is 26.1 Å². The van der Waals surface area contributed by atoms with Crippen molar-refractivity contribution in [3.63, 3.8) is 0 Å². The van der Waals surface area contributed by atoms with E-state index in [2.05, 4.69) is 27.3 Å². The second-order valence-electron chi connectivity index (χ2n) is 6.70. The van der Waals surface area contributed by atoms with Gasteiger partial charge in [0.25, 0.3) is 5.91 Å². The number of hydrogen-bond acceptors (Lipinski definition) is 4. The number of carbonyl (C=O) groups is 1. The highest BCUT2D eigenvalue weighted by Gasteiger charge is 2.25. The Balaban J connectivity index is 1.35. The number of amides is 1. The zero-order chi connectivity index (χ0) is 18.6. The number of halogens is 1. The first-order valence-corrected chi connectivity index (χ1v) is 9.84. The first-order valence-electron chi connectivity index (χ1n) is 8.96. The third-order valence-electron chi connectivity index (χ3n) is 4.70. The molecule has 1 amide bonds. The molecule has 1 atom stereocenters. The zero-order valence-corrected chi connectivity index (χ0v) is 15.6. The van der Waals surface area contributed by atoms with E-state index in [9.17, 15) is 9.18 Å². The molecule has 1 aliphatic heterocycles. The Bertz CT molecular complexity index is 928. The van der Waals surface area contributed by atoms with Crippen LogP contribution in [0.1, 0.15) is 22.5 Å². The van der Waals surface area contributed by atoms with E-state index in [1.165, 1.54) is 23.0 Å². The summed E-state index contributed by atoms with van der Waals surface area (Å²) in [6.45, 7) is 2.67. The Morgan fingerprint density at radius 2 is 1.96 bits per heavy atom. The van der Waals surface area contributed by atoms with Gasteiger partial charge in [-0.15, -0.1) is 11.3 Å². The normalized spacial score (nSPS) is 17.1. The molecule has 2 heterocycles. The van der Waals surface area contributed by atoms with Gasteiger partial charge in [0, 0.05) is 36.6 Å². The molecule has 138 valence electrons. The van der Waals surface area contributed by atoms with E-state index in [-0.39, 0.29) is 17.8 Å². The topological polar surface area (TPSA) is 45.2 Å². The summed E-state index contributed by atoms with van der Waals surface area (Å²) in [5.41, 5.74) is 2.05. The van der Waals surface area contributed by atoms with Gasteiger partial charge >= 0.3 is 0 Å². The summed E-state index contributed by atoms with van der Waals surface area (Å²) in [4.78, 5) is 19.2. The van der Waals surface area contributed by atoms with Gasteiger partial charge < -0.3 is 5.32 Å². The smallest absolute Gasteiger partial charge is 0.271 e. The average molecular weight is 381 g/mol. The maximum atomic E-state index is 13.9. The first kappa shape index (κ1) is 17.8. The van der Waals surface area contributed by atoms with Crippen molar-refractivity contribution in [1.82, 2.24) is 15.2 Å². The maximum Gasteiger partial charge on any atom is 0.271 e. The molecule has 6 heteroatoms. The fourth-order valence-electron chi connectivity index (χ4n) is 3.33. The van der Waals surface area contributed by atoms with Crippen molar-refractivity contribution >= 4 is 17.2 Å². The lowest BCUT2D eigenvalue weighted by molar-refractivity contribution is 0.0933. The lowest BCUT2D eigenvalue weighted by atomic mass is 10.2. The minimum absolute atomic E-state index is 0.111. The lowest BCUT2D eigenvalue weighted by Crippen LogP contribution is -2.37. The Hall–Kier alpha value is -2.57. The number of carbonyl (C=O) groups excluding carboxylic acids is 1. The van der Waals surface area contributed by atoms with Crippen molar-refractivity contribution < 1.29 is 9.18 Å². The molecule has 1 aliphatic rings. The monoisotopic (exact) mass is 381 g/mol. The van der Waals surface area contributed by atoms with Gasteiger partial charge in [0.05, 0.1) is 0 Å². The summed E-state index contributed by atoms with van der Waals surface area (Å²) in [6.07, 6.45) is 0.920. The number of aromatic nitrogens is 1. The minimum atomic E-state index is -0.328. The molecule has 1 N–H and O–H groups in total. The second kappa shape index (κ2) is 7.98. The van der Waals surface area contributed by atoms with Crippen LogP contribution in [-0.2, 0) is 6.54 Å². The average Bonchev–Trinajstić information content (AvgIpc) is 3.33. The molecule has 0 saturated carbocycles. The van der Waals surface area contributed by atoms with E-state index in [1.54, 1.807) is 23.6 Å². The summed E-state index contributed by atoms with van der Waals surface area (Å²) >= 11 is 1.28. The molecule has 1 aromatic heterocycles. The van der Waals surface area contributed by atoms with Gasteiger partial charge in [-0.2, -0.15) is 0 Å². The SMILES string of the molecule is O=C(NC1CCN(Cc2ccccc2)C1)c1csc(-c2ccccc2F)n1. The van der Waals surface area contributed by atoms with E-state index >= 15 is 0 Å². The van der Waals surface area contributed by atoms with Gasteiger partial charge in [0.15, 0.2) is 0 Å². The minimum Gasteiger partial charge on any atom is -0.347 e. The summed E-state index contributed by atoms with van der Waals surface area (Å²) in [5, 5.41) is 5.27. The Kier molecular flexibility index (Phi) is 5.27. The third kappa shape index (κ3) is 4.23. The van der Waals surface area contributed by atoms with E-state index in [4.69, 9.17) is 0 Å². The molecular formula is C21H20FN3OS. The molecule has 0 bridgehead atoms. The van der Waals surface area contributed by atoms with E-state index in [1.807, 2.05) is 18.2 Å². The lowest BCUT2D eigenvalue weighted by Gasteiger charge is -2.16. The van der Waals surface area contributed by atoms with Crippen LogP contribution in [0.5, 0.6) is 0 Å². The highest BCUT2D eigenvalue weighted by Crippen LogP contribution is 2.26. The van der Waals surface area contributed by atoms with Gasteiger partial charge in [-0.25, -0.2) is 9.37 Å². The number of nitrogens with one attached hydrogen (secondary N) is 1. The highest BCUT2D eigenvalue weighted by molar-refractivity contribution is 7.13. The van der Waals surface area contributed by atoms with Crippen LogP contribution in [0.2, 0.25) is 0 Å². The van der Waals surface area contributed by atoms with Crippen LogP contribution in [0.3, 0.4) is 0 Å². The second-order valence-corrected chi connectivity index (χ2v) is 7.56. The molecule has 0 aliphatic carbocycles. The van der Waals surface area contributed by atoms with E-state index in [0.29, 0.717) is 16.3 Å². The van der Waals surface area contributed by atoms with Gasteiger partial charge in [-0.1, -0.05) is 42.5 Å². The molecular weight excluding hydrogens is 361 g/mol. The first-order chi connectivity index (χ1) is 13.2. The van der Waals surface area contributed by atoms with Gasteiger partial charge in [-0.3, -0.25) is 9.69 Å². The van der Waals surface area contributed by atoms with Crippen molar-refractivity contribution in [2.45, 2.75) is 19.0 Å². The zero-order valence-electron chi connectivity index (χ0n) is 14.8. The van der Waals surface area contributed by atoms with Crippen molar-refractivity contribution in [3.8, 4) is 10.6 Å². The number of hydrogen-bond donors (Lipinski definition) is 1. The van der Waals surface area contributed by atoms with Crippen molar-refractivity contribution in [2.75, 3.05) is 13.1 Å². The van der Waals surface area contributed by atoms with Crippen LogP contribution in [0.15, 0.2) is 60.0 Å². The molecule has 0 spiro atoms. The highest BCUT2D eigenvalue weighted by atomic mass is 32.1. The van der Waals surface area contributed by atoms with Gasteiger partial charge in [0.1, 0.15) is 16.5 Å². The van der Waals surface area contributed by atoms with Crippen molar-refractivity contribution in [1.29, 1.82) is 0 Å². The molecule has 0 radical (unpaired) electrons. The third-order valence-corrected chi connectivity index (χ3v) is 5.57. The Morgan fingerprint density at radius 3 is 2.78 bits per heavy atom. The quantitative estimate of drug-likeness (QED) is 0.728. The fraction of sp³-hybridized carbons (Fsp3) is 0.238. The fourth-order valence-corrected chi connectivity index (χ4v) is 4.16. The molecule has 27 heavy (non-hydrogen) atoms. The van der Waals surface area contributed by atoms with Gasteiger partial charge in [-0.05, 0) is 24.1 Å². The summed E-state index contributed by atoms with van der Waals surface area (Å²) < 4.78 is 13.9. The number of rotatable bonds is 5. The summed E-state index contributed by atoms with van der Waals surface area (Å²) in [5.74, 6) is -0.522. The summed E-state index contributed by atoms with van der Waals surface area (Å²) in [6, 6.07) is 16.9. The van der Waals surface area contributed by atoms with E-state index < -0.39 is 0 Å². The molecule has 1 unspecified atom stereocenters. The van der Waals surface area contributed by atoms with Crippen LogP contribution >= 0.6 is 11.3 Å².